The topological polar surface area (TPSA) is 111 Å². The number of hydrogen-bond donors (Lipinski definition) is 2. The minimum atomic E-state index is -3.84. The van der Waals surface area contributed by atoms with Gasteiger partial charge in [-0.2, -0.15) is 4.72 Å². The molecule has 0 aliphatic heterocycles. The number of hydrogen-bond acceptors (Lipinski definition) is 6. The second-order valence-electron chi connectivity index (χ2n) is 6.34. The third-order valence-corrected chi connectivity index (χ3v) is 5.46. The normalized spacial score (nSPS) is 12.1. The summed E-state index contributed by atoms with van der Waals surface area (Å²) >= 11 is 0. The van der Waals surface area contributed by atoms with E-state index in [1.165, 1.54) is 19.1 Å². The summed E-state index contributed by atoms with van der Waals surface area (Å²) in [5, 5.41) is 2.65. The van der Waals surface area contributed by atoms with Gasteiger partial charge in [-0.15, -0.1) is 0 Å². The van der Waals surface area contributed by atoms with Crippen molar-refractivity contribution in [3.63, 3.8) is 0 Å². The Bertz CT molecular complexity index is 940. The summed E-state index contributed by atoms with van der Waals surface area (Å²) in [6.07, 6.45) is -1.07. The third-order valence-electron chi connectivity index (χ3n) is 4.04. The first-order chi connectivity index (χ1) is 13.7. The predicted molar refractivity (Wildman–Crippen MR) is 107 cm³/mol. The lowest BCUT2D eigenvalue weighted by Gasteiger charge is -2.14. The number of aryl methyl sites for hydroxylation is 1. The van der Waals surface area contributed by atoms with Crippen LogP contribution in [0.15, 0.2) is 53.4 Å². The van der Waals surface area contributed by atoms with Crippen LogP contribution in [-0.4, -0.2) is 40.1 Å². The van der Waals surface area contributed by atoms with E-state index in [-0.39, 0.29) is 11.4 Å². The molecule has 0 aliphatic carbocycles. The van der Waals surface area contributed by atoms with Crippen LogP contribution in [0.3, 0.4) is 0 Å². The molecule has 0 bridgehead atoms. The monoisotopic (exact) mass is 420 g/mol. The van der Waals surface area contributed by atoms with Gasteiger partial charge in [-0.25, -0.2) is 8.42 Å². The summed E-state index contributed by atoms with van der Waals surface area (Å²) in [6.45, 7) is 2.93. The van der Waals surface area contributed by atoms with E-state index in [1.807, 2.05) is 6.92 Å². The van der Waals surface area contributed by atoms with E-state index in [9.17, 15) is 18.0 Å². The van der Waals surface area contributed by atoms with Crippen molar-refractivity contribution < 1.29 is 27.5 Å². The highest BCUT2D eigenvalue weighted by Crippen LogP contribution is 2.11. The molecular formula is C20H24N2O6S. The summed E-state index contributed by atoms with van der Waals surface area (Å²) in [5.41, 5.74) is 1.77. The first-order valence-electron chi connectivity index (χ1n) is 8.88. The van der Waals surface area contributed by atoms with Crippen molar-refractivity contribution in [2.45, 2.75) is 31.4 Å². The molecule has 0 fully saturated rings. The Morgan fingerprint density at radius 3 is 2.24 bits per heavy atom. The second kappa shape index (κ2) is 10.0. The summed E-state index contributed by atoms with van der Waals surface area (Å²) in [6, 6.07) is 13.3. The molecule has 156 valence electrons. The molecule has 2 N–H and O–H groups in total. The lowest BCUT2D eigenvalue weighted by atomic mass is 10.2. The number of methoxy groups -OCH3 is 1. The maximum Gasteiger partial charge on any atom is 0.321 e. The van der Waals surface area contributed by atoms with Crippen LogP contribution in [0.25, 0.3) is 0 Å². The number of nitrogens with one attached hydrogen (secondary N) is 2. The first kappa shape index (κ1) is 22.4. The van der Waals surface area contributed by atoms with Gasteiger partial charge in [0.25, 0.3) is 5.91 Å². The van der Waals surface area contributed by atoms with Crippen LogP contribution in [0.5, 0.6) is 5.75 Å². The Hall–Kier alpha value is -2.91. The van der Waals surface area contributed by atoms with Crippen LogP contribution in [0.4, 0.5) is 0 Å². The summed E-state index contributed by atoms with van der Waals surface area (Å²) in [4.78, 5) is 24.0. The molecule has 2 rings (SSSR count). The molecule has 0 aliphatic rings. The predicted octanol–water partition coefficient (Wildman–Crippen LogP) is 1.53. The fourth-order valence-corrected chi connectivity index (χ4v) is 3.29. The van der Waals surface area contributed by atoms with Gasteiger partial charge in [0.1, 0.15) is 12.3 Å². The quantitative estimate of drug-likeness (QED) is 0.595. The van der Waals surface area contributed by atoms with Gasteiger partial charge >= 0.3 is 5.97 Å². The molecule has 0 heterocycles. The van der Waals surface area contributed by atoms with Crippen LogP contribution in [0, 0.1) is 6.92 Å². The van der Waals surface area contributed by atoms with Crippen molar-refractivity contribution in [2.24, 2.45) is 0 Å². The molecular weight excluding hydrogens is 396 g/mol. The van der Waals surface area contributed by atoms with E-state index < -0.39 is 34.5 Å². The van der Waals surface area contributed by atoms with Crippen LogP contribution < -0.4 is 14.8 Å². The number of benzene rings is 2. The van der Waals surface area contributed by atoms with Crippen LogP contribution in [-0.2, 0) is 30.9 Å². The Kier molecular flexibility index (Phi) is 7.74. The molecule has 1 amide bonds. The standard InChI is InChI=1S/C20H24N2O6S/c1-14-4-10-18(11-5-14)29(25,26)22-13-19(23)28-15(2)20(24)21-12-16-6-8-17(27-3)9-7-16/h4-11,15,22H,12-13H2,1-3H3,(H,21,24)/t15-/m1/s1. The Morgan fingerprint density at radius 1 is 1.03 bits per heavy atom. The summed E-state index contributed by atoms with van der Waals surface area (Å²) in [5.74, 6) is -0.640. The average Bonchev–Trinajstić information content (AvgIpc) is 2.71. The highest BCUT2D eigenvalue weighted by molar-refractivity contribution is 7.89. The molecule has 2 aromatic rings. The van der Waals surface area contributed by atoms with Crippen molar-refractivity contribution >= 4 is 21.9 Å². The van der Waals surface area contributed by atoms with Gasteiger partial charge in [0.2, 0.25) is 10.0 Å². The van der Waals surface area contributed by atoms with E-state index in [2.05, 4.69) is 10.0 Å². The van der Waals surface area contributed by atoms with Gasteiger partial charge in [0, 0.05) is 6.54 Å². The minimum absolute atomic E-state index is 0.0428. The lowest BCUT2D eigenvalue weighted by Crippen LogP contribution is -2.38. The molecule has 0 spiro atoms. The maximum absolute atomic E-state index is 12.2. The van der Waals surface area contributed by atoms with Gasteiger partial charge in [-0.05, 0) is 43.7 Å². The molecule has 0 saturated heterocycles. The number of carbonyl (C=O) groups is 2. The zero-order chi connectivity index (χ0) is 21.4. The average molecular weight is 420 g/mol. The zero-order valence-corrected chi connectivity index (χ0v) is 17.3. The zero-order valence-electron chi connectivity index (χ0n) is 16.5. The van der Waals surface area contributed by atoms with Crippen LogP contribution >= 0.6 is 0 Å². The number of amides is 1. The summed E-state index contributed by atoms with van der Waals surface area (Å²) in [7, 11) is -2.28. The fourth-order valence-electron chi connectivity index (χ4n) is 2.32. The Labute approximate surface area is 170 Å². The summed E-state index contributed by atoms with van der Waals surface area (Å²) < 4.78 is 36.5. The largest absolute Gasteiger partial charge is 0.497 e. The molecule has 0 aromatic heterocycles. The van der Waals surface area contributed by atoms with Crippen molar-refractivity contribution in [3.8, 4) is 5.75 Å². The maximum atomic E-state index is 12.2. The van der Waals surface area contributed by atoms with Crippen LogP contribution in [0.2, 0.25) is 0 Å². The Morgan fingerprint density at radius 2 is 1.66 bits per heavy atom. The second-order valence-corrected chi connectivity index (χ2v) is 8.10. The molecule has 0 radical (unpaired) electrons. The smallest absolute Gasteiger partial charge is 0.321 e. The first-order valence-corrected chi connectivity index (χ1v) is 10.4. The number of sulfonamides is 1. The fraction of sp³-hybridized carbons (Fsp3) is 0.300. The van der Waals surface area contributed by atoms with Crippen molar-refractivity contribution in [3.05, 3.63) is 59.7 Å². The molecule has 8 nitrogen and oxygen atoms in total. The number of esters is 1. The molecule has 2 aromatic carbocycles. The minimum Gasteiger partial charge on any atom is -0.497 e. The molecule has 1 atom stereocenters. The highest BCUT2D eigenvalue weighted by Gasteiger charge is 2.20. The molecule has 0 saturated carbocycles. The SMILES string of the molecule is COc1ccc(CNC(=O)[C@@H](C)OC(=O)CNS(=O)(=O)c2ccc(C)cc2)cc1. The van der Waals surface area contributed by atoms with Crippen molar-refractivity contribution in [2.75, 3.05) is 13.7 Å². The molecule has 9 heteroatoms. The van der Waals surface area contributed by atoms with Gasteiger partial charge in [-0.1, -0.05) is 29.8 Å². The number of rotatable bonds is 9. The number of ether oxygens (including phenoxy) is 2. The molecule has 29 heavy (non-hydrogen) atoms. The van der Waals surface area contributed by atoms with E-state index in [0.717, 1.165) is 11.1 Å². The van der Waals surface area contributed by atoms with E-state index in [0.29, 0.717) is 5.75 Å². The van der Waals surface area contributed by atoms with Gasteiger partial charge in [0.15, 0.2) is 6.10 Å². The third kappa shape index (κ3) is 6.88. The van der Waals surface area contributed by atoms with Crippen molar-refractivity contribution in [1.29, 1.82) is 0 Å². The number of carbonyl (C=O) groups excluding carboxylic acids is 2. The Balaban J connectivity index is 1.79. The van der Waals surface area contributed by atoms with Gasteiger partial charge in [-0.3, -0.25) is 9.59 Å². The highest BCUT2D eigenvalue weighted by atomic mass is 32.2. The molecule has 0 unspecified atom stereocenters. The van der Waals surface area contributed by atoms with E-state index in [4.69, 9.17) is 9.47 Å². The van der Waals surface area contributed by atoms with E-state index in [1.54, 1.807) is 43.5 Å². The van der Waals surface area contributed by atoms with Gasteiger partial charge < -0.3 is 14.8 Å². The van der Waals surface area contributed by atoms with Crippen molar-refractivity contribution in [1.82, 2.24) is 10.0 Å². The van der Waals surface area contributed by atoms with E-state index >= 15 is 0 Å². The lowest BCUT2D eigenvalue weighted by molar-refractivity contribution is -0.153. The van der Waals surface area contributed by atoms with Gasteiger partial charge in [0.05, 0.1) is 12.0 Å². The van der Waals surface area contributed by atoms with Crippen LogP contribution in [0.1, 0.15) is 18.1 Å².